The lowest BCUT2D eigenvalue weighted by atomic mass is 10.00. The highest BCUT2D eigenvalue weighted by Crippen LogP contribution is 2.30. The maximum atomic E-state index is 12.6. The molecule has 0 saturated carbocycles. The average molecular weight is 372 g/mol. The Hall–Kier alpha value is -2.87. The number of nitrogens with zero attached hydrogens (tertiary/aromatic N) is 1. The van der Waals surface area contributed by atoms with Gasteiger partial charge >= 0.3 is 0 Å². The summed E-state index contributed by atoms with van der Waals surface area (Å²) in [5, 5.41) is 5.93. The molecule has 0 fully saturated rings. The Morgan fingerprint density at radius 1 is 1.27 bits per heavy atom. The van der Waals surface area contributed by atoms with Crippen molar-refractivity contribution in [2.45, 2.75) is 6.42 Å². The molecular weight excluding hydrogens is 356 g/mol. The van der Waals surface area contributed by atoms with Crippen molar-refractivity contribution >= 4 is 29.2 Å². The number of hydrogen-bond donors (Lipinski definition) is 1. The van der Waals surface area contributed by atoms with Crippen molar-refractivity contribution in [2.75, 3.05) is 19.4 Å². The highest BCUT2D eigenvalue weighted by Gasteiger charge is 2.35. The summed E-state index contributed by atoms with van der Waals surface area (Å²) in [7, 11) is 1.41. The van der Waals surface area contributed by atoms with Crippen molar-refractivity contribution in [1.29, 1.82) is 0 Å². The van der Waals surface area contributed by atoms with Gasteiger partial charge in [-0.2, -0.15) is 0 Å². The van der Waals surface area contributed by atoms with Gasteiger partial charge < -0.3 is 14.6 Å². The van der Waals surface area contributed by atoms with Crippen molar-refractivity contribution in [3.63, 3.8) is 0 Å². The molecule has 0 spiro atoms. The van der Waals surface area contributed by atoms with Gasteiger partial charge in [0, 0.05) is 18.9 Å². The molecule has 0 bridgehead atoms. The van der Waals surface area contributed by atoms with Gasteiger partial charge in [0.05, 0.1) is 11.5 Å². The molecular formula is C18H16N2O5S. The lowest BCUT2D eigenvalue weighted by Crippen LogP contribution is -2.23. The molecule has 1 aliphatic carbocycles. The second-order valence-corrected chi connectivity index (χ2v) is 6.52. The van der Waals surface area contributed by atoms with Gasteiger partial charge in [-0.05, 0) is 18.6 Å². The van der Waals surface area contributed by atoms with E-state index in [1.165, 1.54) is 24.9 Å². The minimum atomic E-state index is -0.571. The highest BCUT2D eigenvalue weighted by atomic mass is 32.2. The summed E-state index contributed by atoms with van der Waals surface area (Å²) in [5.41, 5.74) is -0.237. The van der Waals surface area contributed by atoms with Crippen LogP contribution < -0.4 is 10.1 Å². The Morgan fingerprint density at radius 3 is 2.77 bits per heavy atom. The van der Waals surface area contributed by atoms with Gasteiger partial charge in [0.25, 0.3) is 5.91 Å². The molecule has 1 aromatic heterocycles. The fraction of sp³-hybridized carbons (Fsp3) is 0.222. The molecule has 0 radical (unpaired) electrons. The number of amides is 1. The Balaban J connectivity index is 1.59. The van der Waals surface area contributed by atoms with Gasteiger partial charge in [-0.3, -0.25) is 14.4 Å². The smallest absolute Gasteiger partial charge is 0.274 e. The van der Waals surface area contributed by atoms with E-state index in [-0.39, 0.29) is 21.9 Å². The van der Waals surface area contributed by atoms with Crippen molar-refractivity contribution in [1.82, 2.24) is 10.5 Å². The number of fused-ring (bicyclic) bond motifs is 1. The number of para-hydroxylation sites is 1. The number of thioether (sulfide) groups is 1. The molecule has 0 saturated heterocycles. The maximum Gasteiger partial charge on any atom is 0.274 e. The van der Waals surface area contributed by atoms with Crippen LogP contribution in [0.25, 0.3) is 0 Å². The summed E-state index contributed by atoms with van der Waals surface area (Å²) in [5.74, 6) is -0.277. The van der Waals surface area contributed by atoms with E-state index in [2.05, 4.69) is 10.5 Å². The third-order valence-electron chi connectivity index (χ3n) is 3.63. The number of ketones is 2. The Morgan fingerprint density at radius 2 is 2.04 bits per heavy atom. The van der Waals surface area contributed by atoms with Gasteiger partial charge in [0.1, 0.15) is 11.3 Å². The Bertz CT molecular complexity index is 873. The molecule has 0 aliphatic heterocycles. The van der Waals surface area contributed by atoms with Crippen LogP contribution >= 0.6 is 11.8 Å². The predicted octanol–water partition coefficient (Wildman–Crippen LogP) is 2.50. The van der Waals surface area contributed by atoms with Crippen LogP contribution in [-0.2, 0) is 0 Å². The van der Waals surface area contributed by atoms with Crippen LogP contribution in [0, 0.1) is 0 Å². The summed E-state index contributed by atoms with van der Waals surface area (Å²) < 4.78 is 10.5. The van der Waals surface area contributed by atoms with E-state index in [0.717, 1.165) is 5.75 Å². The number of allylic oxidation sites excluding steroid dienone is 2. The molecule has 1 N–H and O–H groups in total. The molecule has 0 unspecified atom stereocenters. The number of rotatable bonds is 7. The van der Waals surface area contributed by atoms with E-state index in [1.54, 1.807) is 0 Å². The lowest BCUT2D eigenvalue weighted by molar-refractivity contribution is 0.0944. The quantitative estimate of drug-likeness (QED) is 0.746. The van der Waals surface area contributed by atoms with Crippen LogP contribution in [0.4, 0.5) is 0 Å². The van der Waals surface area contributed by atoms with E-state index in [1.807, 2.05) is 30.3 Å². The number of benzene rings is 1. The first kappa shape index (κ1) is 17.9. The molecule has 7 nitrogen and oxygen atoms in total. The van der Waals surface area contributed by atoms with Crippen LogP contribution in [0.2, 0.25) is 0 Å². The predicted molar refractivity (Wildman–Crippen MR) is 95.6 cm³/mol. The molecule has 134 valence electrons. The van der Waals surface area contributed by atoms with E-state index in [0.29, 0.717) is 18.8 Å². The summed E-state index contributed by atoms with van der Waals surface area (Å²) in [6.45, 7) is 0.494. The van der Waals surface area contributed by atoms with Crippen molar-refractivity contribution in [2.24, 2.45) is 0 Å². The lowest BCUT2D eigenvalue weighted by Gasteiger charge is -2.11. The van der Waals surface area contributed by atoms with Gasteiger partial charge in [0.2, 0.25) is 17.3 Å². The van der Waals surface area contributed by atoms with E-state index in [4.69, 9.17) is 9.26 Å². The molecule has 26 heavy (non-hydrogen) atoms. The largest absolute Gasteiger partial charge is 0.494 e. The Kier molecular flexibility index (Phi) is 5.52. The first-order valence-electron chi connectivity index (χ1n) is 7.95. The van der Waals surface area contributed by atoms with Crippen LogP contribution in [0.5, 0.6) is 5.75 Å². The molecule has 1 heterocycles. The number of carbonyl (C=O) groups is 3. The van der Waals surface area contributed by atoms with Gasteiger partial charge in [-0.15, -0.1) is 11.8 Å². The molecule has 2 aromatic rings. The second-order valence-electron chi connectivity index (χ2n) is 5.38. The van der Waals surface area contributed by atoms with Gasteiger partial charge in [0.15, 0.2) is 5.69 Å². The van der Waals surface area contributed by atoms with E-state index >= 15 is 0 Å². The van der Waals surface area contributed by atoms with Gasteiger partial charge in [-0.1, -0.05) is 23.4 Å². The number of aromatic nitrogens is 1. The van der Waals surface area contributed by atoms with Crippen LogP contribution in [0.15, 0.2) is 45.8 Å². The average Bonchev–Trinajstić information content (AvgIpc) is 3.11. The Labute approximate surface area is 153 Å². The topological polar surface area (TPSA) is 98.5 Å². The van der Waals surface area contributed by atoms with Crippen molar-refractivity contribution in [3.05, 3.63) is 58.3 Å². The van der Waals surface area contributed by atoms with Crippen molar-refractivity contribution in [3.8, 4) is 5.75 Å². The number of Topliss-reactive ketones (excluding diaryl/α,β-unsaturated/α-hetero) is 1. The highest BCUT2D eigenvalue weighted by molar-refractivity contribution is 8.04. The summed E-state index contributed by atoms with van der Waals surface area (Å²) in [4.78, 5) is 36.8. The second kappa shape index (κ2) is 8.01. The number of nitrogens with one attached hydrogen (secondary N) is 1. The zero-order valence-electron chi connectivity index (χ0n) is 14.0. The molecule has 1 aromatic carbocycles. The number of carbonyl (C=O) groups excluding carboxylic acids is 3. The first-order valence-corrected chi connectivity index (χ1v) is 8.93. The molecule has 1 aliphatic rings. The zero-order valence-corrected chi connectivity index (χ0v) is 14.8. The molecule has 3 rings (SSSR count). The number of ether oxygens (including phenoxy) is 1. The first-order chi connectivity index (χ1) is 12.6. The zero-order chi connectivity index (χ0) is 18.5. The fourth-order valence-electron chi connectivity index (χ4n) is 2.37. The number of hydrogen-bond acceptors (Lipinski definition) is 7. The summed E-state index contributed by atoms with van der Waals surface area (Å²) >= 11 is 1.25. The fourth-order valence-corrected chi connectivity index (χ4v) is 3.28. The van der Waals surface area contributed by atoms with Crippen molar-refractivity contribution < 1.29 is 23.6 Å². The maximum absolute atomic E-state index is 12.6. The van der Waals surface area contributed by atoms with E-state index < -0.39 is 17.5 Å². The van der Waals surface area contributed by atoms with Gasteiger partial charge in [-0.25, -0.2) is 0 Å². The van der Waals surface area contributed by atoms with Crippen LogP contribution in [-0.4, -0.2) is 42.0 Å². The SMILES string of the molecule is CNC(=O)c1noc2c1C(=O)C(SCCCOc1ccccc1)=CC2=O. The minimum absolute atomic E-state index is 0.0696. The molecule has 0 atom stereocenters. The van der Waals surface area contributed by atoms with E-state index in [9.17, 15) is 14.4 Å². The third kappa shape index (κ3) is 3.70. The summed E-state index contributed by atoms with van der Waals surface area (Å²) in [6, 6.07) is 9.43. The molecule has 1 amide bonds. The standard InChI is InChI=1S/C18H16N2O5S/c1-19-18(23)15-14-16(22)13(10-12(21)17(14)25-20-15)26-9-5-8-24-11-6-3-2-4-7-11/h2-4,6-7,10H,5,8-9H2,1H3,(H,19,23). The minimum Gasteiger partial charge on any atom is -0.494 e. The normalized spacial score (nSPS) is 13.2. The molecule has 8 heteroatoms. The van der Waals surface area contributed by atoms with Crippen LogP contribution in [0.1, 0.15) is 37.8 Å². The third-order valence-corrected chi connectivity index (χ3v) is 4.74. The van der Waals surface area contributed by atoms with Crippen LogP contribution in [0.3, 0.4) is 0 Å². The summed E-state index contributed by atoms with van der Waals surface area (Å²) in [6.07, 6.45) is 1.92. The monoisotopic (exact) mass is 372 g/mol.